The van der Waals surface area contributed by atoms with Gasteiger partial charge in [-0.15, -0.1) is 0 Å². The Morgan fingerprint density at radius 2 is 2.20 bits per heavy atom. The Labute approximate surface area is 63.2 Å². The van der Waals surface area contributed by atoms with E-state index < -0.39 is 0 Å². The summed E-state index contributed by atoms with van der Waals surface area (Å²) in [6.07, 6.45) is 3.81. The summed E-state index contributed by atoms with van der Waals surface area (Å²) in [5.74, 6) is 0. The van der Waals surface area contributed by atoms with Crippen molar-refractivity contribution in [2.75, 3.05) is 6.54 Å². The first-order valence-electron chi connectivity index (χ1n) is 4.18. The number of hydrogen-bond acceptors (Lipinski definition) is 2. The summed E-state index contributed by atoms with van der Waals surface area (Å²) < 4.78 is 0. The highest BCUT2D eigenvalue weighted by atomic mass is 15.0. The van der Waals surface area contributed by atoms with Crippen LogP contribution < -0.4 is 11.1 Å². The first-order chi connectivity index (χ1) is 4.70. The van der Waals surface area contributed by atoms with E-state index in [1.165, 1.54) is 12.8 Å². The molecule has 2 heteroatoms. The van der Waals surface area contributed by atoms with Crippen molar-refractivity contribution < 1.29 is 0 Å². The van der Waals surface area contributed by atoms with Gasteiger partial charge in [-0.1, -0.05) is 6.92 Å². The van der Waals surface area contributed by atoms with Gasteiger partial charge >= 0.3 is 0 Å². The summed E-state index contributed by atoms with van der Waals surface area (Å²) in [6.45, 7) is 5.13. The summed E-state index contributed by atoms with van der Waals surface area (Å²) in [5, 5.41) is 3.54. The molecule has 1 saturated carbocycles. The minimum absolute atomic E-state index is 0.196. The Balaban J connectivity index is 2.29. The van der Waals surface area contributed by atoms with E-state index in [1.54, 1.807) is 0 Å². The van der Waals surface area contributed by atoms with Crippen molar-refractivity contribution in [3.8, 4) is 0 Å². The molecule has 1 unspecified atom stereocenters. The van der Waals surface area contributed by atoms with Crippen molar-refractivity contribution in [1.29, 1.82) is 0 Å². The van der Waals surface area contributed by atoms with E-state index in [2.05, 4.69) is 19.2 Å². The highest BCUT2D eigenvalue weighted by Gasteiger charge is 2.29. The SMILES string of the molecule is CCC(C)(CN)NC1CC1. The van der Waals surface area contributed by atoms with E-state index >= 15 is 0 Å². The molecule has 0 amide bonds. The molecule has 0 saturated heterocycles. The van der Waals surface area contributed by atoms with Crippen molar-refractivity contribution in [3.05, 3.63) is 0 Å². The summed E-state index contributed by atoms with van der Waals surface area (Å²) >= 11 is 0. The minimum atomic E-state index is 0.196. The zero-order valence-corrected chi connectivity index (χ0v) is 6.98. The normalized spacial score (nSPS) is 24.3. The van der Waals surface area contributed by atoms with E-state index in [0.717, 1.165) is 19.0 Å². The van der Waals surface area contributed by atoms with Gasteiger partial charge < -0.3 is 11.1 Å². The molecular formula is C8H18N2. The fourth-order valence-corrected chi connectivity index (χ4v) is 1.03. The van der Waals surface area contributed by atoms with Crippen molar-refractivity contribution in [3.63, 3.8) is 0 Å². The minimum Gasteiger partial charge on any atom is -0.329 e. The van der Waals surface area contributed by atoms with Crippen LogP contribution in [0.25, 0.3) is 0 Å². The van der Waals surface area contributed by atoms with Crippen molar-refractivity contribution in [2.45, 2.75) is 44.7 Å². The van der Waals surface area contributed by atoms with Crippen LogP contribution in [0.1, 0.15) is 33.1 Å². The molecule has 1 atom stereocenters. The number of rotatable bonds is 4. The Kier molecular flexibility index (Phi) is 2.32. The molecule has 60 valence electrons. The summed E-state index contributed by atoms with van der Waals surface area (Å²) in [4.78, 5) is 0. The maximum atomic E-state index is 5.63. The third kappa shape index (κ3) is 1.96. The van der Waals surface area contributed by atoms with Crippen molar-refractivity contribution in [1.82, 2.24) is 5.32 Å². The highest BCUT2D eigenvalue weighted by Crippen LogP contribution is 2.23. The second-order valence-electron chi connectivity index (χ2n) is 3.54. The standard InChI is InChI=1S/C8H18N2/c1-3-8(2,6-9)10-7-4-5-7/h7,10H,3-6,9H2,1-2H3. The molecule has 0 bridgehead atoms. The Morgan fingerprint density at radius 3 is 2.50 bits per heavy atom. The van der Waals surface area contributed by atoms with Gasteiger partial charge in [0, 0.05) is 18.1 Å². The van der Waals surface area contributed by atoms with E-state index in [0.29, 0.717) is 0 Å². The lowest BCUT2D eigenvalue weighted by atomic mass is 9.99. The third-order valence-electron chi connectivity index (χ3n) is 2.36. The lowest BCUT2D eigenvalue weighted by Gasteiger charge is -2.27. The molecule has 0 aromatic rings. The largest absolute Gasteiger partial charge is 0.329 e. The second-order valence-corrected chi connectivity index (χ2v) is 3.54. The molecule has 0 radical (unpaired) electrons. The smallest absolute Gasteiger partial charge is 0.0275 e. The monoisotopic (exact) mass is 142 g/mol. The Morgan fingerprint density at radius 1 is 1.60 bits per heavy atom. The van der Waals surface area contributed by atoms with Gasteiger partial charge in [0.25, 0.3) is 0 Å². The fourth-order valence-electron chi connectivity index (χ4n) is 1.03. The number of nitrogens with two attached hydrogens (primary N) is 1. The Hall–Kier alpha value is -0.0800. The lowest BCUT2D eigenvalue weighted by molar-refractivity contribution is 0.349. The van der Waals surface area contributed by atoms with E-state index in [-0.39, 0.29) is 5.54 Å². The van der Waals surface area contributed by atoms with Crippen LogP contribution in [0.2, 0.25) is 0 Å². The maximum absolute atomic E-state index is 5.63. The molecule has 1 aliphatic rings. The van der Waals surface area contributed by atoms with Gasteiger partial charge in [-0.05, 0) is 26.2 Å². The Bertz CT molecular complexity index is 104. The molecule has 0 spiro atoms. The van der Waals surface area contributed by atoms with Crippen LogP contribution in [0.5, 0.6) is 0 Å². The van der Waals surface area contributed by atoms with Crippen LogP contribution in [-0.2, 0) is 0 Å². The molecule has 1 aliphatic carbocycles. The first kappa shape index (κ1) is 8.02. The number of nitrogens with one attached hydrogen (secondary N) is 1. The van der Waals surface area contributed by atoms with E-state index in [9.17, 15) is 0 Å². The first-order valence-corrected chi connectivity index (χ1v) is 4.18. The van der Waals surface area contributed by atoms with Crippen LogP contribution in [0.4, 0.5) is 0 Å². The van der Waals surface area contributed by atoms with Gasteiger partial charge in [0.05, 0.1) is 0 Å². The van der Waals surface area contributed by atoms with Crippen LogP contribution in [0, 0.1) is 0 Å². The van der Waals surface area contributed by atoms with Gasteiger partial charge in [-0.2, -0.15) is 0 Å². The summed E-state index contributed by atoms with van der Waals surface area (Å²) in [5.41, 5.74) is 5.83. The van der Waals surface area contributed by atoms with Crippen LogP contribution in [0.3, 0.4) is 0 Å². The molecule has 10 heavy (non-hydrogen) atoms. The molecule has 3 N–H and O–H groups in total. The van der Waals surface area contributed by atoms with Gasteiger partial charge in [-0.25, -0.2) is 0 Å². The zero-order valence-electron chi connectivity index (χ0n) is 6.98. The van der Waals surface area contributed by atoms with Gasteiger partial charge in [0.1, 0.15) is 0 Å². The lowest BCUT2D eigenvalue weighted by Crippen LogP contribution is -2.49. The fraction of sp³-hybridized carbons (Fsp3) is 1.00. The summed E-state index contributed by atoms with van der Waals surface area (Å²) in [7, 11) is 0. The quantitative estimate of drug-likeness (QED) is 0.611. The van der Waals surface area contributed by atoms with E-state index in [4.69, 9.17) is 5.73 Å². The third-order valence-corrected chi connectivity index (χ3v) is 2.36. The maximum Gasteiger partial charge on any atom is 0.0275 e. The molecule has 2 nitrogen and oxygen atoms in total. The summed E-state index contributed by atoms with van der Waals surface area (Å²) in [6, 6.07) is 0.772. The molecule has 1 fully saturated rings. The van der Waals surface area contributed by atoms with Crippen LogP contribution in [0.15, 0.2) is 0 Å². The molecule has 1 rings (SSSR count). The molecule has 0 aliphatic heterocycles. The predicted octanol–water partition coefficient (Wildman–Crippen LogP) is 0.866. The molecular weight excluding hydrogens is 124 g/mol. The predicted molar refractivity (Wildman–Crippen MR) is 43.9 cm³/mol. The van der Waals surface area contributed by atoms with Gasteiger partial charge in [0.2, 0.25) is 0 Å². The zero-order chi connectivity index (χ0) is 7.61. The highest BCUT2D eigenvalue weighted by molar-refractivity contribution is 4.92. The average molecular weight is 142 g/mol. The molecule has 0 heterocycles. The average Bonchev–Trinajstić information content (AvgIpc) is 2.72. The van der Waals surface area contributed by atoms with Crippen molar-refractivity contribution in [2.24, 2.45) is 5.73 Å². The second kappa shape index (κ2) is 2.89. The van der Waals surface area contributed by atoms with Crippen LogP contribution in [-0.4, -0.2) is 18.1 Å². The number of hydrogen-bond donors (Lipinski definition) is 2. The van der Waals surface area contributed by atoms with E-state index in [1.807, 2.05) is 0 Å². The van der Waals surface area contributed by atoms with Gasteiger partial charge in [-0.3, -0.25) is 0 Å². The van der Waals surface area contributed by atoms with Crippen molar-refractivity contribution >= 4 is 0 Å². The van der Waals surface area contributed by atoms with Gasteiger partial charge in [0.15, 0.2) is 0 Å². The molecule has 0 aromatic carbocycles. The molecule has 0 aromatic heterocycles. The topological polar surface area (TPSA) is 38.0 Å². The van der Waals surface area contributed by atoms with Crippen LogP contribution >= 0.6 is 0 Å².